The Morgan fingerprint density at radius 2 is 2.17 bits per heavy atom. The van der Waals surface area contributed by atoms with Gasteiger partial charge in [-0.25, -0.2) is 0 Å². The molecule has 1 heterocycles. The van der Waals surface area contributed by atoms with E-state index in [1.807, 2.05) is 18.2 Å². The van der Waals surface area contributed by atoms with Gasteiger partial charge in [-0.1, -0.05) is 12.1 Å². The molecule has 2 nitrogen and oxygen atoms in total. The van der Waals surface area contributed by atoms with Crippen molar-refractivity contribution in [1.82, 2.24) is 4.98 Å². The zero-order valence-corrected chi connectivity index (χ0v) is 7.31. The van der Waals surface area contributed by atoms with Crippen molar-refractivity contribution in [2.45, 2.75) is 5.75 Å². The quantitative estimate of drug-likeness (QED) is 0.577. The van der Waals surface area contributed by atoms with Gasteiger partial charge in [0, 0.05) is 22.7 Å². The first-order valence-electron chi connectivity index (χ1n) is 3.71. The van der Waals surface area contributed by atoms with Crippen LogP contribution in [0.4, 0.5) is 0 Å². The normalized spacial score (nSPS) is 10.8. The molecule has 0 fully saturated rings. The van der Waals surface area contributed by atoms with Crippen molar-refractivity contribution in [2.75, 3.05) is 0 Å². The molecular formula is C9H9NOS. The van der Waals surface area contributed by atoms with Gasteiger partial charge < -0.3 is 10.1 Å². The molecule has 0 aliphatic carbocycles. The van der Waals surface area contributed by atoms with Crippen LogP contribution in [-0.2, 0) is 5.75 Å². The Bertz CT molecular complexity index is 408. The summed E-state index contributed by atoms with van der Waals surface area (Å²) in [5.74, 6) is 0.928. The lowest BCUT2D eigenvalue weighted by atomic mass is 10.2. The lowest BCUT2D eigenvalue weighted by Gasteiger charge is -1.94. The molecule has 1 aromatic carbocycles. The van der Waals surface area contributed by atoms with E-state index in [4.69, 9.17) is 5.11 Å². The van der Waals surface area contributed by atoms with Gasteiger partial charge in [0.05, 0.1) is 0 Å². The molecule has 0 amide bonds. The van der Waals surface area contributed by atoms with E-state index in [-0.39, 0.29) is 5.88 Å². The molecule has 0 aliphatic rings. The average Bonchev–Trinajstić information content (AvgIpc) is 2.43. The van der Waals surface area contributed by atoms with Crippen molar-refractivity contribution >= 4 is 23.5 Å². The SMILES string of the molecule is Oc1cc2ccc(CS)cc2[nH]1. The molecule has 0 radical (unpaired) electrons. The lowest BCUT2D eigenvalue weighted by molar-refractivity contribution is 0.458. The highest BCUT2D eigenvalue weighted by molar-refractivity contribution is 7.79. The summed E-state index contributed by atoms with van der Waals surface area (Å²) in [5, 5.41) is 10.2. The van der Waals surface area contributed by atoms with E-state index in [1.54, 1.807) is 6.07 Å². The summed E-state index contributed by atoms with van der Waals surface area (Å²) in [7, 11) is 0. The third kappa shape index (κ3) is 1.16. The van der Waals surface area contributed by atoms with Crippen LogP contribution < -0.4 is 0 Å². The average molecular weight is 179 g/mol. The first-order valence-corrected chi connectivity index (χ1v) is 4.34. The summed E-state index contributed by atoms with van der Waals surface area (Å²) in [6.45, 7) is 0. The van der Waals surface area contributed by atoms with Crippen LogP contribution in [0.15, 0.2) is 24.3 Å². The summed E-state index contributed by atoms with van der Waals surface area (Å²) in [5.41, 5.74) is 2.10. The first kappa shape index (κ1) is 7.55. The van der Waals surface area contributed by atoms with Gasteiger partial charge in [-0.15, -0.1) is 0 Å². The number of hydrogen-bond donors (Lipinski definition) is 3. The molecule has 1 aromatic heterocycles. The van der Waals surface area contributed by atoms with Crippen molar-refractivity contribution in [3.05, 3.63) is 29.8 Å². The Morgan fingerprint density at radius 1 is 1.33 bits per heavy atom. The minimum atomic E-state index is 0.210. The van der Waals surface area contributed by atoms with Crippen LogP contribution in [0.2, 0.25) is 0 Å². The van der Waals surface area contributed by atoms with Gasteiger partial charge in [0.2, 0.25) is 0 Å². The Morgan fingerprint density at radius 3 is 2.92 bits per heavy atom. The number of thiol groups is 1. The maximum atomic E-state index is 9.15. The molecule has 2 rings (SSSR count). The molecule has 2 N–H and O–H groups in total. The molecule has 0 bridgehead atoms. The van der Waals surface area contributed by atoms with E-state index in [2.05, 4.69) is 17.6 Å². The topological polar surface area (TPSA) is 36.0 Å². The maximum absolute atomic E-state index is 9.15. The van der Waals surface area contributed by atoms with E-state index in [1.165, 1.54) is 0 Å². The molecule has 0 saturated heterocycles. The molecule has 0 spiro atoms. The van der Waals surface area contributed by atoms with Crippen LogP contribution in [-0.4, -0.2) is 10.1 Å². The number of nitrogens with one attached hydrogen (secondary N) is 1. The third-order valence-electron chi connectivity index (χ3n) is 1.86. The first-order chi connectivity index (χ1) is 5.79. The fourth-order valence-corrected chi connectivity index (χ4v) is 1.45. The van der Waals surface area contributed by atoms with Gasteiger partial charge in [-0.2, -0.15) is 12.6 Å². The fraction of sp³-hybridized carbons (Fsp3) is 0.111. The molecule has 62 valence electrons. The summed E-state index contributed by atoms with van der Waals surface area (Å²) < 4.78 is 0. The van der Waals surface area contributed by atoms with Crippen molar-refractivity contribution in [3.63, 3.8) is 0 Å². The minimum Gasteiger partial charge on any atom is -0.495 e. The second kappa shape index (κ2) is 2.75. The van der Waals surface area contributed by atoms with Crippen molar-refractivity contribution in [3.8, 4) is 5.88 Å². The lowest BCUT2D eigenvalue weighted by Crippen LogP contribution is -1.76. The van der Waals surface area contributed by atoms with Crippen LogP contribution in [0.3, 0.4) is 0 Å². The Labute approximate surface area is 75.6 Å². The highest BCUT2D eigenvalue weighted by Gasteiger charge is 1.98. The number of rotatable bonds is 1. The van der Waals surface area contributed by atoms with E-state index >= 15 is 0 Å². The maximum Gasteiger partial charge on any atom is 0.189 e. The van der Waals surface area contributed by atoms with Crippen molar-refractivity contribution < 1.29 is 5.11 Å². The van der Waals surface area contributed by atoms with Crippen LogP contribution >= 0.6 is 12.6 Å². The predicted molar refractivity (Wildman–Crippen MR) is 52.7 cm³/mol. The van der Waals surface area contributed by atoms with Gasteiger partial charge in [-0.05, 0) is 11.6 Å². The zero-order chi connectivity index (χ0) is 8.55. The summed E-state index contributed by atoms with van der Waals surface area (Å²) in [6, 6.07) is 7.67. The number of benzene rings is 1. The van der Waals surface area contributed by atoms with Gasteiger partial charge in [-0.3, -0.25) is 0 Å². The second-order valence-corrected chi connectivity index (χ2v) is 3.05. The number of aromatic nitrogens is 1. The summed E-state index contributed by atoms with van der Waals surface area (Å²) >= 11 is 4.17. The Hall–Kier alpha value is -1.09. The summed E-state index contributed by atoms with van der Waals surface area (Å²) in [4.78, 5) is 2.85. The molecule has 2 aromatic rings. The largest absolute Gasteiger partial charge is 0.495 e. The van der Waals surface area contributed by atoms with Gasteiger partial charge >= 0.3 is 0 Å². The van der Waals surface area contributed by atoms with Crippen LogP contribution in [0.5, 0.6) is 5.88 Å². The minimum absolute atomic E-state index is 0.210. The number of fused-ring (bicyclic) bond motifs is 1. The van der Waals surface area contributed by atoms with Crippen LogP contribution in [0, 0.1) is 0 Å². The van der Waals surface area contributed by atoms with Crippen molar-refractivity contribution in [1.29, 1.82) is 0 Å². The predicted octanol–water partition coefficient (Wildman–Crippen LogP) is 2.30. The van der Waals surface area contributed by atoms with Crippen molar-refractivity contribution in [2.24, 2.45) is 0 Å². The van der Waals surface area contributed by atoms with Gasteiger partial charge in [0.25, 0.3) is 0 Å². The summed E-state index contributed by atoms with van der Waals surface area (Å²) in [6.07, 6.45) is 0. The molecule has 0 aliphatic heterocycles. The number of H-pyrrole nitrogens is 1. The third-order valence-corrected chi connectivity index (χ3v) is 2.22. The van der Waals surface area contributed by atoms with E-state index < -0.39 is 0 Å². The molecule has 12 heavy (non-hydrogen) atoms. The van der Waals surface area contributed by atoms with Gasteiger partial charge in [0.1, 0.15) is 0 Å². The molecule has 0 unspecified atom stereocenters. The standard InChI is InChI=1S/C9H9NOS/c11-9-4-7-2-1-6(5-12)3-8(7)10-9/h1-4,10-12H,5H2. The number of aromatic hydroxyl groups is 1. The van der Waals surface area contributed by atoms with E-state index in [9.17, 15) is 0 Å². The molecule has 0 atom stereocenters. The number of hydrogen-bond acceptors (Lipinski definition) is 2. The highest BCUT2D eigenvalue weighted by atomic mass is 32.1. The highest BCUT2D eigenvalue weighted by Crippen LogP contribution is 2.20. The molecule has 3 heteroatoms. The molecular weight excluding hydrogens is 170 g/mol. The molecule has 0 saturated carbocycles. The Balaban J connectivity index is 2.66. The van der Waals surface area contributed by atoms with E-state index in [0.717, 1.165) is 22.2 Å². The van der Waals surface area contributed by atoms with E-state index in [0.29, 0.717) is 0 Å². The monoisotopic (exact) mass is 179 g/mol. The Kier molecular flexibility index (Phi) is 1.73. The number of aromatic amines is 1. The van der Waals surface area contributed by atoms with Crippen LogP contribution in [0.25, 0.3) is 10.9 Å². The smallest absolute Gasteiger partial charge is 0.189 e. The zero-order valence-electron chi connectivity index (χ0n) is 6.41. The fourth-order valence-electron chi connectivity index (χ4n) is 1.26. The second-order valence-electron chi connectivity index (χ2n) is 2.73. The van der Waals surface area contributed by atoms with Crippen LogP contribution in [0.1, 0.15) is 5.56 Å². The van der Waals surface area contributed by atoms with Gasteiger partial charge in [0.15, 0.2) is 5.88 Å².